The number of hydrogen-bond donors (Lipinski definition) is 1. The molecular weight excluding hydrogens is 418 g/mol. The first-order valence-electron chi connectivity index (χ1n) is 10.1. The van der Waals surface area contributed by atoms with Crippen molar-refractivity contribution in [2.45, 2.75) is 35.8 Å². The highest BCUT2D eigenvalue weighted by Gasteiger charge is 2.58. The van der Waals surface area contributed by atoms with Crippen LogP contribution < -0.4 is 9.84 Å². The third kappa shape index (κ3) is 2.71. The lowest BCUT2D eigenvalue weighted by Gasteiger charge is -2.47. The van der Waals surface area contributed by atoms with E-state index in [0.29, 0.717) is 21.1 Å². The van der Waals surface area contributed by atoms with E-state index in [0.717, 1.165) is 11.1 Å². The van der Waals surface area contributed by atoms with E-state index in [4.69, 9.17) is 4.74 Å². The van der Waals surface area contributed by atoms with E-state index >= 15 is 0 Å². The summed E-state index contributed by atoms with van der Waals surface area (Å²) in [7, 11) is -1.30. The second-order valence-electron chi connectivity index (χ2n) is 8.10. The van der Waals surface area contributed by atoms with Crippen molar-refractivity contribution in [2.75, 3.05) is 6.61 Å². The number of amides is 1. The molecule has 7 nitrogen and oxygen atoms in total. The lowest BCUT2D eigenvalue weighted by atomic mass is 9.78. The summed E-state index contributed by atoms with van der Waals surface area (Å²) < 4.78 is 18.9. The van der Waals surface area contributed by atoms with Crippen LogP contribution in [0.4, 0.5) is 0 Å². The van der Waals surface area contributed by atoms with Crippen LogP contribution in [0.2, 0.25) is 0 Å². The maximum Gasteiger partial charge on any atom is 0.235 e. The molecule has 0 aromatic heterocycles. The Balaban J connectivity index is 1.49. The van der Waals surface area contributed by atoms with Crippen LogP contribution in [0.25, 0.3) is 11.1 Å². The Morgan fingerprint density at radius 2 is 1.94 bits per heavy atom. The molecule has 1 fully saturated rings. The van der Waals surface area contributed by atoms with Gasteiger partial charge in [0, 0.05) is 17.0 Å². The van der Waals surface area contributed by atoms with Crippen LogP contribution in [-0.2, 0) is 20.4 Å². The molecule has 1 saturated heterocycles. The molecule has 0 radical (unpaired) electrons. The predicted octanol–water partition coefficient (Wildman–Crippen LogP) is 1.07. The summed E-state index contributed by atoms with van der Waals surface area (Å²) in [6.45, 7) is 3.31. The highest BCUT2D eigenvalue weighted by molar-refractivity contribution is 7.85. The number of nitrogens with zero attached hydrogens (tertiary/aromatic N) is 1. The van der Waals surface area contributed by atoms with Crippen LogP contribution in [0.5, 0.6) is 5.75 Å². The number of benzene rings is 2. The molecule has 3 heterocycles. The largest absolute Gasteiger partial charge is 0.543 e. The second-order valence-corrected chi connectivity index (χ2v) is 9.52. The van der Waals surface area contributed by atoms with Gasteiger partial charge in [0.1, 0.15) is 12.4 Å². The summed E-state index contributed by atoms with van der Waals surface area (Å²) >= 11 is 0. The Hall–Kier alpha value is -2.97. The van der Waals surface area contributed by atoms with E-state index in [2.05, 4.69) is 0 Å². The summed E-state index contributed by atoms with van der Waals surface area (Å²) in [4.78, 5) is 26.9. The number of carboxylic acid groups (broad SMARTS) is 1. The summed E-state index contributed by atoms with van der Waals surface area (Å²) in [5.74, 6) is -2.29. The van der Waals surface area contributed by atoms with Crippen LogP contribution in [0.1, 0.15) is 13.8 Å². The zero-order valence-electron chi connectivity index (χ0n) is 16.9. The normalized spacial score (nSPS) is 26.8. The van der Waals surface area contributed by atoms with Crippen LogP contribution in [0.15, 0.2) is 63.5 Å². The molecule has 3 aliphatic rings. The summed E-state index contributed by atoms with van der Waals surface area (Å²) in [5.41, 5.74) is 1.84. The Kier molecular flexibility index (Phi) is 4.53. The molecule has 8 heteroatoms. The Bertz CT molecular complexity index is 1190. The topological polar surface area (TPSA) is 107 Å². The molecule has 4 unspecified atom stereocenters. The Labute approximate surface area is 181 Å². The maximum absolute atomic E-state index is 12.8. The quantitative estimate of drug-likeness (QED) is 0.598. The van der Waals surface area contributed by atoms with Crippen LogP contribution in [-0.4, -0.2) is 44.8 Å². The molecule has 0 aliphatic carbocycles. The number of carboxylic acids is 1. The molecule has 3 aliphatic heterocycles. The summed E-state index contributed by atoms with van der Waals surface area (Å²) in [6, 6.07) is 12.3. The Morgan fingerprint density at radius 3 is 2.65 bits per heavy atom. The smallest absolute Gasteiger partial charge is 0.235 e. The van der Waals surface area contributed by atoms with Crippen molar-refractivity contribution in [2.24, 2.45) is 11.8 Å². The molecule has 0 spiro atoms. The average molecular weight is 438 g/mol. The lowest BCUT2D eigenvalue weighted by Crippen LogP contribution is -2.64. The van der Waals surface area contributed by atoms with E-state index < -0.39 is 40.7 Å². The molecule has 31 heavy (non-hydrogen) atoms. The SMILES string of the molecule is CC(O)C1C(=O)N2C(C(=O)[O-])=C(COc3cccc4c3-c3ccccc3S4=O)[C@H](C)C12. The standard InChI is InChI=1S/C23H21NO6S/c1-11-14(21(23(27)28)24-20(11)18(12(2)25)22(24)26)10-30-15-7-5-9-17-19(15)13-6-3-4-8-16(13)31(17)29/h3-9,11-12,18,20,25H,10H2,1-2H3,(H,27,28)/p-1/t11-,12?,18?,20?,31?/m0/s1. The minimum absolute atomic E-state index is 0.0530. The van der Waals surface area contributed by atoms with Crippen molar-refractivity contribution in [1.82, 2.24) is 4.90 Å². The first-order chi connectivity index (χ1) is 14.8. The number of carbonyl (C=O) groups excluding carboxylic acids is 2. The van der Waals surface area contributed by atoms with Crippen molar-refractivity contribution >= 4 is 22.7 Å². The van der Waals surface area contributed by atoms with E-state index in [1.807, 2.05) is 31.2 Å². The molecule has 1 amide bonds. The number of β-lactam (4-membered cyclic amide) rings is 1. The van der Waals surface area contributed by atoms with Gasteiger partial charge in [-0.1, -0.05) is 31.2 Å². The van der Waals surface area contributed by atoms with Gasteiger partial charge in [0.25, 0.3) is 0 Å². The number of ether oxygens (including phenoxy) is 1. The molecule has 1 N–H and O–H groups in total. The number of aliphatic hydroxyl groups is 1. The van der Waals surface area contributed by atoms with Crippen LogP contribution in [0.3, 0.4) is 0 Å². The van der Waals surface area contributed by atoms with Gasteiger partial charge >= 0.3 is 0 Å². The first-order valence-corrected chi connectivity index (χ1v) is 11.2. The molecule has 5 rings (SSSR count). The van der Waals surface area contributed by atoms with Gasteiger partial charge in [-0.15, -0.1) is 0 Å². The van der Waals surface area contributed by atoms with Crippen molar-refractivity contribution in [3.8, 4) is 16.9 Å². The van der Waals surface area contributed by atoms with Crippen molar-refractivity contribution in [3.63, 3.8) is 0 Å². The fourth-order valence-corrected chi connectivity index (χ4v) is 6.39. The van der Waals surface area contributed by atoms with Gasteiger partial charge in [0.05, 0.1) is 50.3 Å². The van der Waals surface area contributed by atoms with Gasteiger partial charge in [-0.25, -0.2) is 4.21 Å². The van der Waals surface area contributed by atoms with Gasteiger partial charge in [0.15, 0.2) is 0 Å². The zero-order chi connectivity index (χ0) is 22.0. The van der Waals surface area contributed by atoms with E-state index in [9.17, 15) is 24.0 Å². The summed E-state index contributed by atoms with van der Waals surface area (Å²) in [5, 5.41) is 21.8. The summed E-state index contributed by atoms with van der Waals surface area (Å²) in [6.07, 6.45) is -0.872. The van der Waals surface area contributed by atoms with Crippen LogP contribution in [0, 0.1) is 11.8 Å². The number of aliphatic carboxylic acids is 1. The monoisotopic (exact) mass is 438 g/mol. The molecule has 0 bridgehead atoms. The first kappa shape index (κ1) is 20.0. The fraction of sp³-hybridized carbons (Fsp3) is 0.304. The van der Waals surface area contributed by atoms with E-state index in [1.165, 1.54) is 11.8 Å². The molecule has 160 valence electrons. The van der Waals surface area contributed by atoms with Gasteiger partial charge in [-0.05, 0) is 30.7 Å². The number of hydrogen-bond acceptors (Lipinski definition) is 6. The number of rotatable bonds is 5. The van der Waals surface area contributed by atoms with Crippen molar-refractivity contribution < 1.29 is 28.7 Å². The second kappa shape index (κ2) is 7.03. The number of aliphatic hydroxyl groups excluding tert-OH is 1. The van der Waals surface area contributed by atoms with Gasteiger partial charge in [-0.3, -0.25) is 4.79 Å². The third-order valence-corrected chi connectivity index (χ3v) is 7.93. The maximum atomic E-state index is 12.8. The minimum atomic E-state index is -1.44. The van der Waals surface area contributed by atoms with Gasteiger partial charge in [0.2, 0.25) is 5.91 Å². The highest BCUT2D eigenvalue weighted by Crippen LogP contribution is 2.48. The van der Waals surface area contributed by atoms with Gasteiger partial charge < -0.3 is 24.6 Å². The lowest BCUT2D eigenvalue weighted by molar-refractivity contribution is -0.301. The average Bonchev–Trinajstić information content (AvgIpc) is 3.16. The van der Waals surface area contributed by atoms with Crippen molar-refractivity contribution in [3.05, 3.63) is 53.7 Å². The fourth-order valence-electron chi connectivity index (χ4n) is 4.98. The molecule has 2 aromatic rings. The highest BCUT2D eigenvalue weighted by atomic mass is 32.2. The molecule has 0 saturated carbocycles. The van der Waals surface area contributed by atoms with E-state index in [1.54, 1.807) is 18.2 Å². The van der Waals surface area contributed by atoms with Gasteiger partial charge in [-0.2, -0.15) is 0 Å². The third-order valence-electron chi connectivity index (χ3n) is 6.44. The van der Waals surface area contributed by atoms with E-state index in [-0.39, 0.29) is 18.2 Å². The van der Waals surface area contributed by atoms with Crippen molar-refractivity contribution in [1.29, 1.82) is 0 Å². The van der Waals surface area contributed by atoms with Crippen LogP contribution >= 0.6 is 0 Å². The number of carbonyl (C=O) groups is 2. The molecule has 2 aromatic carbocycles. The minimum Gasteiger partial charge on any atom is -0.543 e. The Morgan fingerprint density at radius 1 is 1.23 bits per heavy atom. The number of fused-ring (bicyclic) bond motifs is 4. The molecular formula is C23H20NO6S-. The molecule has 5 atom stereocenters. The predicted molar refractivity (Wildman–Crippen MR) is 109 cm³/mol. The zero-order valence-corrected chi connectivity index (χ0v) is 17.7.